The second-order valence-electron chi connectivity index (χ2n) is 4.96. The maximum atomic E-state index is 11.9. The lowest BCUT2D eigenvalue weighted by atomic mass is 10.1. The number of hydrogen-bond donors (Lipinski definition) is 3. The number of nitrogens with one attached hydrogen (secondary N) is 2. The minimum atomic E-state index is -3.77. The molecule has 0 aliphatic carbocycles. The summed E-state index contributed by atoms with van der Waals surface area (Å²) in [6.45, 7) is 5.38. The van der Waals surface area contributed by atoms with E-state index in [0.717, 1.165) is 6.07 Å². The number of hydrazine groups is 1. The largest absolute Gasteiger partial charge is 0.477 e. The summed E-state index contributed by atoms with van der Waals surface area (Å²) in [5.41, 5.74) is 2.10. The molecule has 0 aromatic carbocycles. The molecular formula is C10H17N3O4S. The summed E-state index contributed by atoms with van der Waals surface area (Å²) in [6.07, 6.45) is 1.25. The van der Waals surface area contributed by atoms with Gasteiger partial charge in [-0.25, -0.2) is 18.6 Å². The van der Waals surface area contributed by atoms with Gasteiger partial charge in [0.05, 0.1) is 0 Å². The third-order valence-electron chi connectivity index (χ3n) is 2.07. The number of aryl methyl sites for hydroxylation is 1. The van der Waals surface area contributed by atoms with Crippen molar-refractivity contribution in [3.8, 4) is 0 Å². The molecule has 1 aromatic rings. The topological polar surface area (TPSA) is 100 Å². The van der Waals surface area contributed by atoms with Crippen LogP contribution in [0.15, 0.2) is 17.2 Å². The zero-order valence-electron chi connectivity index (χ0n) is 10.7. The van der Waals surface area contributed by atoms with E-state index in [1.54, 1.807) is 20.8 Å². The third kappa shape index (κ3) is 3.56. The quantitative estimate of drug-likeness (QED) is 0.686. The molecule has 0 unspecified atom stereocenters. The molecule has 1 heterocycles. The zero-order chi connectivity index (χ0) is 14.1. The molecule has 0 fully saturated rings. The second-order valence-corrected chi connectivity index (χ2v) is 6.64. The summed E-state index contributed by atoms with van der Waals surface area (Å²) < 4.78 is 25.0. The molecular weight excluding hydrogens is 258 g/mol. The summed E-state index contributed by atoms with van der Waals surface area (Å²) in [5, 5.41) is 8.85. The van der Waals surface area contributed by atoms with Gasteiger partial charge in [0.2, 0.25) is 0 Å². The predicted molar refractivity (Wildman–Crippen MR) is 65.6 cm³/mol. The summed E-state index contributed by atoms with van der Waals surface area (Å²) in [4.78, 5) is 12.9. The normalized spacial score (nSPS) is 12.7. The van der Waals surface area contributed by atoms with Gasteiger partial charge in [0.1, 0.15) is 10.6 Å². The number of aromatic nitrogens is 1. The van der Waals surface area contributed by atoms with Gasteiger partial charge in [-0.3, -0.25) is 0 Å². The van der Waals surface area contributed by atoms with Crippen LogP contribution in [-0.4, -0.2) is 29.6 Å². The molecule has 0 amide bonds. The average Bonchev–Trinajstić information content (AvgIpc) is 2.57. The van der Waals surface area contributed by atoms with Crippen molar-refractivity contribution in [2.24, 2.45) is 7.05 Å². The van der Waals surface area contributed by atoms with E-state index in [-0.39, 0.29) is 10.6 Å². The molecule has 0 saturated carbocycles. The van der Waals surface area contributed by atoms with Crippen molar-refractivity contribution in [2.45, 2.75) is 31.2 Å². The van der Waals surface area contributed by atoms with Crippen LogP contribution in [0, 0.1) is 0 Å². The molecule has 18 heavy (non-hydrogen) atoms. The van der Waals surface area contributed by atoms with Crippen LogP contribution < -0.4 is 10.3 Å². The van der Waals surface area contributed by atoms with Crippen LogP contribution in [0.3, 0.4) is 0 Å². The number of aromatic carboxylic acids is 1. The van der Waals surface area contributed by atoms with Crippen molar-refractivity contribution in [1.82, 2.24) is 14.8 Å². The van der Waals surface area contributed by atoms with Crippen molar-refractivity contribution in [3.63, 3.8) is 0 Å². The van der Waals surface area contributed by atoms with E-state index in [9.17, 15) is 13.2 Å². The first-order valence-electron chi connectivity index (χ1n) is 5.21. The third-order valence-corrected chi connectivity index (χ3v) is 3.28. The van der Waals surface area contributed by atoms with Gasteiger partial charge in [-0.05, 0) is 26.8 Å². The van der Waals surface area contributed by atoms with Crippen LogP contribution in [0.2, 0.25) is 0 Å². The van der Waals surface area contributed by atoms with Gasteiger partial charge in [-0.15, -0.1) is 4.83 Å². The highest BCUT2D eigenvalue weighted by atomic mass is 32.2. The van der Waals surface area contributed by atoms with Gasteiger partial charge < -0.3 is 9.67 Å². The Labute approximate surface area is 106 Å². The van der Waals surface area contributed by atoms with E-state index < -0.39 is 21.5 Å². The van der Waals surface area contributed by atoms with Gasteiger partial charge in [-0.1, -0.05) is 0 Å². The van der Waals surface area contributed by atoms with Crippen molar-refractivity contribution >= 4 is 16.0 Å². The highest BCUT2D eigenvalue weighted by molar-refractivity contribution is 7.89. The Morgan fingerprint density at radius 2 is 1.94 bits per heavy atom. The first-order valence-corrected chi connectivity index (χ1v) is 6.70. The Hall–Kier alpha value is -1.38. The molecule has 102 valence electrons. The van der Waals surface area contributed by atoms with Crippen LogP contribution in [0.4, 0.5) is 0 Å². The number of carboxylic acid groups (broad SMARTS) is 1. The van der Waals surface area contributed by atoms with E-state index in [4.69, 9.17) is 5.11 Å². The SMILES string of the molecule is Cn1cc(S(=O)(=O)NNC(C)(C)C)cc1C(=O)O. The number of carboxylic acids is 1. The van der Waals surface area contributed by atoms with Gasteiger partial charge in [0, 0.05) is 18.8 Å². The Kier molecular flexibility index (Phi) is 3.84. The van der Waals surface area contributed by atoms with Gasteiger partial charge in [0.25, 0.3) is 10.0 Å². The molecule has 3 N–H and O–H groups in total. The molecule has 0 saturated heterocycles. The molecule has 0 aliphatic rings. The first kappa shape index (κ1) is 14.7. The zero-order valence-corrected chi connectivity index (χ0v) is 11.5. The smallest absolute Gasteiger partial charge is 0.352 e. The lowest BCUT2D eigenvalue weighted by molar-refractivity contribution is 0.0686. The highest BCUT2D eigenvalue weighted by Crippen LogP contribution is 2.13. The van der Waals surface area contributed by atoms with Crippen LogP contribution in [0.5, 0.6) is 0 Å². The molecule has 1 aromatic heterocycles. The maximum Gasteiger partial charge on any atom is 0.352 e. The Bertz CT molecular complexity index is 554. The molecule has 0 spiro atoms. The lowest BCUT2D eigenvalue weighted by Crippen LogP contribution is -2.48. The summed E-state index contributed by atoms with van der Waals surface area (Å²) in [7, 11) is -2.30. The molecule has 0 aliphatic heterocycles. The van der Waals surface area contributed by atoms with Crippen molar-refractivity contribution in [1.29, 1.82) is 0 Å². The van der Waals surface area contributed by atoms with E-state index in [0.29, 0.717) is 0 Å². The van der Waals surface area contributed by atoms with Crippen molar-refractivity contribution < 1.29 is 18.3 Å². The van der Waals surface area contributed by atoms with E-state index in [1.807, 2.05) is 0 Å². The number of hydrogen-bond acceptors (Lipinski definition) is 4. The monoisotopic (exact) mass is 275 g/mol. The lowest BCUT2D eigenvalue weighted by Gasteiger charge is -2.20. The minimum Gasteiger partial charge on any atom is -0.477 e. The van der Waals surface area contributed by atoms with Crippen LogP contribution in [-0.2, 0) is 17.1 Å². The van der Waals surface area contributed by atoms with Crippen LogP contribution in [0.1, 0.15) is 31.3 Å². The number of sulfonamides is 1. The summed E-state index contributed by atoms with van der Waals surface area (Å²) >= 11 is 0. The molecule has 0 atom stereocenters. The highest BCUT2D eigenvalue weighted by Gasteiger charge is 2.21. The van der Waals surface area contributed by atoms with Crippen LogP contribution >= 0.6 is 0 Å². The van der Waals surface area contributed by atoms with Crippen molar-refractivity contribution in [3.05, 3.63) is 18.0 Å². The molecule has 0 radical (unpaired) electrons. The van der Waals surface area contributed by atoms with Gasteiger partial charge >= 0.3 is 5.97 Å². The molecule has 1 rings (SSSR count). The molecule has 8 heteroatoms. The Morgan fingerprint density at radius 3 is 2.33 bits per heavy atom. The maximum absolute atomic E-state index is 11.9. The first-order chi connectivity index (χ1) is 8.03. The summed E-state index contributed by atoms with van der Waals surface area (Å²) in [6, 6.07) is 1.11. The summed E-state index contributed by atoms with van der Waals surface area (Å²) in [5.74, 6) is -1.18. The van der Waals surface area contributed by atoms with E-state index >= 15 is 0 Å². The molecule has 7 nitrogen and oxygen atoms in total. The fourth-order valence-electron chi connectivity index (χ4n) is 1.17. The second kappa shape index (κ2) is 4.71. The van der Waals surface area contributed by atoms with Crippen LogP contribution in [0.25, 0.3) is 0 Å². The standard InChI is InChI=1S/C10H17N3O4S/c1-10(2,3)11-12-18(16,17)7-5-8(9(14)15)13(4)6-7/h5-6,11-12H,1-4H3,(H,14,15). The predicted octanol–water partition coefficient (Wildman–Crippen LogP) is 0.305. The van der Waals surface area contributed by atoms with Gasteiger partial charge in [0.15, 0.2) is 0 Å². The van der Waals surface area contributed by atoms with Gasteiger partial charge in [-0.2, -0.15) is 0 Å². The fraction of sp³-hybridized carbons (Fsp3) is 0.500. The number of carbonyl (C=O) groups is 1. The van der Waals surface area contributed by atoms with E-state index in [2.05, 4.69) is 10.3 Å². The Balaban J connectivity index is 2.99. The van der Waals surface area contributed by atoms with E-state index in [1.165, 1.54) is 17.8 Å². The fourth-order valence-corrected chi connectivity index (χ4v) is 2.30. The molecule has 0 bridgehead atoms. The number of rotatable bonds is 4. The van der Waals surface area contributed by atoms with Crippen molar-refractivity contribution in [2.75, 3.05) is 0 Å². The minimum absolute atomic E-state index is 0.0915. The number of nitrogens with zero attached hydrogens (tertiary/aromatic N) is 1. The Morgan fingerprint density at radius 1 is 1.39 bits per heavy atom. The average molecular weight is 275 g/mol.